The standard InChI is InChI=1S/C19H20ClN5O2S/c1-13-14(4-3-5-15(13)20)12-25(17(26)11-22-2)18-16(10-21)28-19(23-18)24-6-8-27-9-7-24/h3-5H,2,6-9,11-12H2,1H3. The first kappa shape index (κ1) is 20.3. The first-order valence-electron chi connectivity index (χ1n) is 8.75. The van der Waals surface area contributed by atoms with Crippen molar-refractivity contribution in [3.8, 4) is 6.07 Å². The number of ether oxygens (including phenoxy) is 1. The number of amides is 1. The number of morpholine rings is 1. The lowest BCUT2D eigenvalue weighted by molar-refractivity contribution is -0.117. The number of benzene rings is 1. The van der Waals surface area contributed by atoms with Crippen molar-refractivity contribution >= 4 is 46.5 Å². The molecule has 2 aromatic rings. The number of aromatic nitrogens is 1. The molecular formula is C19H20ClN5O2S. The summed E-state index contributed by atoms with van der Waals surface area (Å²) in [5.74, 6) is 0.0757. The highest BCUT2D eigenvalue weighted by Gasteiger charge is 2.26. The molecule has 0 N–H and O–H groups in total. The molecule has 1 fully saturated rings. The molecule has 0 bridgehead atoms. The monoisotopic (exact) mass is 417 g/mol. The van der Waals surface area contributed by atoms with Gasteiger partial charge in [-0.15, -0.1) is 0 Å². The number of thiazole rings is 1. The fourth-order valence-corrected chi connectivity index (χ4v) is 4.02. The van der Waals surface area contributed by atoms with Crippen molar-refractivity contribution in [3.63, 3.8) is 0 Å². The number of nitriles is 1. The third-order valence-corrected chi connectivity index (χ3v) is 5.91. The number of nitrogens with zero attached hydrogens (tertiary/aromatic N) is 5. The van der Waals surface area contributed by atoms with Gasteiger partial charge in [-0.2, -0.15) is 5.26 Å². The average molecular weight is 418 g/mol. The van der Waals surface area contributed by atoms with Crippen LogP contribution < -0.4 is 9.80 Å². The summed E-state index contributed by atoms with van der Waals surface area (Å²) < 4.78 is 5.38. The van der Waals surface area contributed by atoms with Crippen LogP contribution in [0.4, 0.5) is 10.9 Å². The molecular weight excluding hydrogens is 398 g/mol. The van der Waals surface area contributed by atoms with Gasteiger partial charge in [0.05, 0.1) is 19.8 Å². The number of halogens is 1. The maximum atomic E-state index is 12.8. The van der Waals surface area contributed by atoms with Gasteiger partial charge in [-0.3, -0.25) is 14.7 Å². The number of carbonyl (C=O) groups excluding carboxylic acids is 1. The van der Waals surface area contributed by atoms with Gasteiger partial charge < -0.3 is 9.64 Å². The van der Waals surface area contributed by atoms with E-state index in [2.05, 4.69) is 27.7 Å². The molecule has 1 aromatic heterocycles. The van der Waals surface area contributed by atoms with Crippen LogP contribution in [0, 0.1) is 18.3 Å². The van der Waals surface area contributed by atoms with Crippen molar-refractivity contribution in [2.24, 2.45) is 4.99 Å². The normalized spacial score (nSPS) is 13.8. The first-order valence-corrected chi connectivity index (χ1v) is 9.95. The molecule has 7 nitrogen and oxygen atoms in total. The predicted octanol–water partition coefficient (Wildman–Crippen LogP) is 3.05. The van der Waals surface area contributed by atoms with Crippen LogP contribution in [0.2, 0.25) is 5.02 Å². The van der Waals surface area contributed by atoms with Gasteiger partial charge in [0.1, 0.15) is 12.6 Å². The Labute approximate surface area is 172 Å². The van der Waals surface area contributed by atoms with Crippen LogP contribution in [0.1, 0.15) is 16.0 Å². The Morgan fingerprint density at radius 3 is 2.93 bits per heavy atom. The van der Waals surface area contributed by atoms with E-state index in [1.807, 2.05) is 19.1 Å². The third kappa shape index (κ3) is 4.33. The van der Waals surface area contributed by atoms with Gasteiger partial charge in [0, 0.05) is 18.1 Å². The van der Waals surface area contributed by atoms with Gasteiger partial charge in [-0.05, 0) is 30.8 Å². The maximum Gasteiger partial charge on any atom is 0.250 e. The second-order valence-corrected chi connectivity index (χ2v) is 7.63. The van der Waals surface area contributed by atoms with E-state index in [0.29, 0.717) is 47.2 Å². The van der Waals surface area contributed by atoms with Gasteiger partial charge in [-0.1, -0.05) is 35.1 Å². The van der Waals surface area contributed by atoms with E-state index < -0.39 is 0 Å². The summed E-state index contributed by atoms with van der Waals surface area (Å²) in [7, 11) is 0. The van der Waals surface area contributed by atoms with Gasteiger partial charge in [0.15, 0.2) is 15.8 Å². The van der Waals surface area contributed by atoms with E-state index in [-0.39, 0.29) is 19.0 Å². The minimum absolute atomic E-state index is 0.0884. The molecule has 28 heavy (non-hydrogen) atoms. The molecule has 1 aliphatic heterocycles. The van der Waals surface area contributed by atoms with Crippen molar-refractivity contribution in [1.82, 2.24) is 4.98 Å². The molecule has 1 aliphatic rings. The molecule has 146 valence electrons. The Bertz CT molecular complexity index is 918. The molecule has 2 heterocycles. The highest BCUT2D eigenvalue weighted by atomic mass is 35.5. The van der Waals surface area contributed by atoms with Crippen LogP contribution in [-0.2, 0) is 16.1 Å². The Morgan fingerprint density at radius 2 is 2.25 bits per heavy atom. The fourth-order valence-electron chi connectivity index (χ4n) is 2.90. The molecule has 0 aliphatic carbocycles. The number of aliphatic imine (C=N–C) groups is 1. The van der Waals surface area contributed by atoms with Gasteiger partial charge in [0.2, 0.25) is 5.91 Å². The van der Waals surface area contributed by atoms with Crippen molar-refractivity contribution in [2.45, 2.75) is 13.5 Å². The van der Waals surface area contributed by atoms with Gasteiger partial charge in [0.25, 0.3) is 0 Å². The maximum absolute atomic E-state index is 12.8. The van der Waals surface area contributed by atoms with E-state index in [0.717, 1.165) is 11.1 Å². The smallest absolute Gasteiger partial charge is 0.250 e. The first-order chi connectivity index (χ1) is 13.5. The third-order valence-electron chi connectivity index (χ3n) is 4.49. The number of hydrogen-bond acceptors (Lipinski definition) is 7. The molecule has 0 saturated carbocycles. The quantitative estimate of drug-likeness (QED) is 0.674. The summed E-state index contributed by atoms with van der Waals surface area (Å²) in [5.41, 5.74) is 1.77. The minimum Gasteiger partial charge on any atom is -0.378 e. The zero-order valence-corrected chi connectivity index (χ0v) is 17.1. The molecule has 0 atom stereocenters. The number of hydrogen-bond donors (Lipinski definition) is 0. The fraction of sp³-hybridized carbons (Fsp3) is 0.368. The van der Waals surface area contributed by atoms with Crippen molar-refractivity contribution in [2.75, 3.05) is 42.6 Å². The molecule has 9 heteroatoms. The lowest BCUT2D eigenvalue weighted by Gasteiger charge is -2.26. The van der Waals surface area contributed by atoms with E-state index in [9.17, 15) is 10.1 Å². The number of anilines is 2. The van der Waals surface area contributed by atoms with Crippen LogP contribution in [0.3, 0.4) is 0 Å². The Balaban J connectivity index is 1.99. The van der Waals surface area contributed by atoms with Crippen molar-refractivity contribution in [3.05, 3.63) is 39.2 Å². The van der Waals surface area contributed by atoms with Crippen LogP contribution in [0.5, 0.6) is 0 Å². The summed E-state index contributed by atoms with van der Waals surface area (Å²) >= 11 is 7.51. The van der Waals surface area contributed by atoms with E-state index in [1.165, 1.54) is 16.2 Å². The lowest BCUT2D eigenvalue weighted by Crippen LogP contribution is -2.36. The van der Waals surface area contributed by atoms with Crippen molar-refractivity contribution in [1.29, 1.82) is 5.26 Å². The second kappa shape index (κ2) is 9.15. The Morgan fingerprint density at radius 1 is 1.50 bits per heavy atom. The van der Waals surface area contributed by atoms with Crippen LogP contribution in [-0.4, -0.2) is 50.5 Å². The summed E-state index contributed by atoms with van der Waals surface area (Å²) in [6.45, 7) is 8.11. The average Bonchev–Trinajstić information content (AvgIpc) is 3.14. The molecule has 0 radical (unpaired) electrons. The largest absolute Gasteiger partial charge is 0.378 e. The lowest BCUT2D eigenvalue weighted by atomic mass is 10.1. The number of carbonyl (C=O) groups is 1. The zero-order valence-electron chi connectivity index (χ0n) is 15.5. The van der Waals surface area contributed by atoms with Crippen LogP contribution >= 0.6 is 22.9 Å². The van der Waals surface area contributed by atoms with E-state index in [1.54, 1.807) is 6.07 Å². The van der Waals surface area contributed by atoms with Gasteiger partial charge >= 0.3 is 0 Å². The summed E-state index contributed by atoms with van der Waals surface area (Å²) in [5, 5.41) is 11.0. The van der Waals surface area contributed by atoms with Crippen LogP contribution in [0.25, 0.3) is 0 Å². The SMILES string of the molecule is C=NCC(=O)N(Cc1cccc(Cl)c1C)c1nc(N2CCOCC2)sc1C#N. The minimum atomic E-state index is -0.273. The molecule has 3 rings (SSSR count). The predicted molar refractivity (Wildman–Crippen MR) is 112 cm³/mol. The highest BCUT2D eigenvalue weighted by Crippen LogP contribution is 2.33. The highest BCUT2D eigenvalue weighted by molar-refractivity contribution is 7.16. The molecule has 0 unspecified atom stereocenters. The molecule has 1 aromatic carbocycles. The topological polar surface area (TPSA) is 81.8 Å². The number of rotatable bonds is 6. The van der Waals surface area contributed by atoms with Gasteiger partial charge in [-0.25, -0.2) is 4.98 Å². The zero-order chi connectivity index (χ0) is 20.1. The van der Waals surface area contributed by atoms with E-state index >= 15 is 0 Å². The summed E-state index contributed by atoms with van der Waals surface area (Å²) in [4.78, 5) is 25.1. The summed E-state index contributed by atoms with van der Waals surface area (Å²) in [6.07, 6.45) is 0. The molecule has 0 spiro atoms. The van der Waals surface area contributed by atoms with Crippen LogP contribution in [0.15, 0.2) is 23.2 Å². The Hall–Kier alpha value is -2.47. The molecule has 1 saturated heterocycles. The second-order valence-electron chi connectivity index (χ2n) is 6.25. The van der Waals surface area contributed by atoms with E-state index in [4.69, 9.17) is 16.3 Å². The molecule has 1 amide bonds. The Kier molecular flexibility index (Phi) is 6.62. The summed E-state index contributed by atoms with van der Waals surface area (Å²) in [6, 6.07) is 7.72. The van der Waals surface area contributed by atoms with Crippen molar-refractivity contribution < 1.29 is 9.53 Å².